The van der Waals surface area contributed by atoms with Gasteiger partial charge >= 0.3 is 6.09 Å². The van der Waals surface area contributed by atoms with Crippen LogP contribution in [-0.4, -0.2) is 81.5 Å². The molecule has 1 aliphatic heterocycles. The number of rotatable bonds is 9. The van der Waals surface area contributed by atoms with Crippen LogP contribution in [0.1, 0.15) is 12.8 Å². The number of amides is 1. The molecule has 0 aromatic rings. The number of carbonyl (C=O) groups is 1. The van der Waals surface area contributed by atoms with E-state index in [1.165, 1.54) is 0 Å². The highest BCUT2D eigenvalue weighted by molar-refractivity contribution is 5.64. The summed E-state index contributed by atoms with van der Waals surface area (Å²) in [6, 6.07) is 0. The molecule has 1 fully saturated rings. The van der Waals surface area contributed by atoms with Gasteiger partial charge in [-0.3, -0.25) is 0 Å². The normalized spacial score (nSPS) is 17.6. The average molecular weight is 288 g/mol. The predicted octanol–water partition coefficient (Wildman–Crippen LogP) is -0.547. The fourth-order valence-electron chi connectivity index (χ4n) is 2.26. The van der Waals surface area contributed by atoms with Gasteiger partial charge in [-0.15, -0.1) is 0 Å². The van der Waals surface area contributed by atoms with Crippen LogP contribution in [0, 0.1) is 0 Å². The zero-order chi connectivity index (χ0) is 14.8. The van der Waals surface area contributed by atoms with Crippen LogP contribution in [0.15, 0.2) is 0 Å². The van der Waals surface area contributed by atoms with E-state index < -0.39 is 6.09 Å². The summed E-state index contributed by atoms with van der Waals surface area (Å²) in [5.74, 6) is 0. The highest BCUT2D eigenvalue weighted by atomic mass is 16.6. The lowest BCUT2D eigenvalue weighted by molar-refractivity contribution is 0.0392. The lowest BCUT2D eigenvalue weighted by Gasteiger charge is -2.31. The van der Waals surface area contributed by atoms with Crippen LogP contribution in [0.5, 0.6) is 0 Å². The minimum atomic E-state index is -0.673. The molecule has 1 aliphatic rings. The smallest absolute Gasteiger partial charge is 0.404 e. The van der Waals surface area contributed by atoms with Gasteiger partial charge < -0.3 is 30.7 Å². The first kappa shape index (κ1) is 17.2. The minimum Gasteiger partial charge on any atom is -0.446 e. The quantitative estimate of drug-likeness (QED) is 0.553. The second-order valence-corrected chi connectivity index (χ2v) is 5.18. The number of hydrogen-bond donors (Lipinski definition) is 2. The molecular formula is C13H28N4O3. The van der Waals surface area contributed by atoms with Crippen LogP contribution in [0.4, 0.5) is 4.79 Å². The lowest BCUT2D eigenvalue weighted by Crippen LogP contribution is -2.40. The molecule has 7 nitrogen and oxygen atoms in total. The molecule has 1 rings (SSSR count). The zero-order valence-electron chi connectivity index (χ0n) is 12.4. The number of nitrogens with two attached hydrogens (primary N) is 2. The number of likely N-dealkylation sites (tertiary alicyclic amines) is 1. The van der Waals surface area contributed by atoms with Crippen LogP contribution in [0.2, 0.25) is 0 Å². The summed E-state index contributed by atoms with van der Waals surface area (Å²) in [5.41, 5.74) is 10.5. The van der Waals surface area contributed by atoms with E-state index in [2.05, 4.69) is 9.80 Å². The molecule has 0 unspecified atom stereocenters. The summed E-state index contributed by atoms with van der Waals surface area (Å²) in [7, 11) is 2.04. The van der Waals surface area contributed by atoms with Gasteiger partial charge in [0.25, 0.3) is 0 Å². The summed E-state index contributed by atoms with van der Waals surface area (Å²) in [4.78, 5) is 15.1. The van der Waals surface area contributed by atoms with Gasteiger partial charge in [-0.25, -0.2) is 4.79 Å². The highest BCUT2D eigenvalue weighted by Gasteiger charge is 2.20. The van der Waals surface area contributed by atoms with E-state index in [4.69, 9.17) is 20.9 Å². The molecule has 0 aromatic heterocycles. The van der Waals surface area contributed by atoms with Crippen molar-refractivity contribution in [2.24, 2.45) is 11.5 Å². The summed E-state index contributed by atoms with van der Waals surface area (Å²) in [5, 5.41) is 0. The van der Waals surface area contributed by atoms with Gasteiger partial charge in [0.15, 0.2) is 0 Å². The van der Waals surface area contributed by atoms with Crippen LogP contribution in [0.3, 0.4) is 0 Å². The van der Waals surface area contributed by atoms with E-state index in [0.29, 0.717) is 6.54 Å². The van der Waals surface area contributed by atoms with Crippen molar-refractivity contribution in [1.29, 1.82) is 0 Å². The van der Waals surface area contributed by atoms with Crippen molar-refractivity contribution in [1.82, 2.24) is 9.80 Å². The Hall–Kier alpha value is -0.890. The van der Waals surface area contributed by atoms with Crippen LogP contribution in [-0.2, 0) is 9.47 Å². The summed E-state index contributed by atoms with van der Waals surface area (Å²) in [6.45, 7) is 6.73. The molecule has 1 saturated heterocycles. The fraction of sp³-hybridized carbons (Fsp3) is 0.923. The van der Waals surface area contributed by atoms with Crippen molar-refractivity contribution in [3.8, 4) is 0 Å². The topological polar surface area (TPSA) is 94.0 Å². The van der Waals surface area contributed by atoms with Gasteiger partial charge in [-0.05, 0) is 19.9 Å². The highest BCUT2D eigenvalue weighted by Crippen LogP contribution is 2.13. The molecule has 0 radical (unpaired) electrons. The van der Waals surface area contributed by atoms with E-state index >= 15 is 0 Å². The van der Waals surface area contributed by atoms with Crippen molar-refractivity contribution in [3.05, 3.63) is 0 Å². The zero-order valence-corrected chi connectivity index (χ0v) is 12.4. The van der Waals surface area contributed by atoms with Crippen molar-refractivity contribution in [3.63, 3.8) is 0 Å². The van der Waals surface area contributed by atoms with Gasteiger partial charge in [0, 0.05) is 39.3 Å². The second-order valence-electron chi connectivity index (χ2n) is 5.18. The Morgan fingerprint density at radius 2 is 2.00 bits per heavy atom. The Morgan fingerprint density at radius 1 is 1.30 bits per heavy atom. The Morgan fingerprint density at radius 3 is 2.60 bits per heavy atom. The lowest BCUT2D eigenvalue weighted by atomic mass is 10.1. The molecule has 1 amide bonds. The van der Waals surface area contributed by atoms with Gasteiger partial charge in [0.05, 0.1) is 13.2 Å². The van der Waals surface area contributed by atoms with E-state index in [1.54, 1.807) is 0 Å². The summed E-state index contributed by atoms with van der Waals surface area (Å²) < 4.78 is 10.6. The van der Waals surface area contributed by atoms with Crippen molar-refractivity contribution in [2.75, 3.05) is 59.5 Å². The summed E-state index contributed by atoms with van der Waals surface area (Å²) in [6.07, 6.45) is 1.01. The van der Waals surface area contributed by atoms with Gasteiger partial charge in [-0.1, -0.05) is 0 Å². The van der Waals surface area contributed by atoms with Crippen LogP contribution < -0.4 is 11.5 Å². The molecule has 118 valence electrons. The number of primary amides is 1. The molecular weight excluding hydrogens is 260 g/mol. The fourth-order valence-corrected chi connectivity index (χ4v) is 2.26. The van der Waals surface area contributed by atoms with Crippen molar-refractivity contribution in [2.45, 2.75) is 18.9 Å². The molecule has 0 saturated carbocycles. The first-order valence-electron chi connectivity index (χ1n) is 7.26. The van der Waals surface area contributed by atoms with Crippen molar-refractivity contribution >= 4 is 6.09 Å². The van der Waals surface area contributed by atoms with Gasteiger partial charge in [-0.2, -0.15) is 0 Å². The van der Waals surface area contributed by atoms with Crippen LogP contribution >= 0.6 is 0 Å². The predicted molar refractivity (Wildman–Crippen MR) is 77.5 cm³/mol. The monoisotopic (exact) mass is 288 g/mol. The maximum Gasteiger partial charge on any atom is 0.404 e. The molecule has 0 aromatic carbocycles. The number of ether oxygens (including phenoxy) is 2. The van der Waals surface area contributed by atoms with E-state index in [9.17, 15) is 4.79 Å². The van der Waals surface area contributed by atoms with Crippen molar-refractivity contribution < 1.29 is 14.3 Å². The maximum absolute atomic E-state index is 10.6. The Bertz CT molecular complexity index is 270. The van der Waals surface area contributed by atoms with Crippen LogP contribution in [0.25, 0.3) is 0 Å². The van der Waals surface area contributed by atoms with E-state index in [1.807, 2.05) is 7.05 Å². The molecule has 4 N–H and O–H groups in total. The number of likely N-dealkylation sites (N-methyl/N-ethyl adjacent to an activating group) is 1. The maximum atomic E-state index is 10.6. The molecule has 0 aliphatic carbocycles. The third kappa shape index (κ3) is 7.64. The molecule has 1 heterocycles. The largest absolute Gasteiger partial charge is 0.446 e. The first-order chi connectivity index (χ1) is 9.61. The molecule has 0 spiro atoms. The number of piperidine rings is 1. The third-order valence-electron chi connectivity index (χ3n) is 3.50. The summed E-state index contributed by atoms with van der Waals surface area (Å²) >= 11 is 0. The van der Waals surface area contributed by atoms with E-state index in [-0.39, 0.29) is 6.10 Å². The average Bonchev–Trinajstić information content (AvgIpc) is 2.40. The Balaban J connectivity index is 1.97. The molecule has 0 atom stereocenters. The molecule has 7 heteroatoms. The standard InChI is InChI=1S/C13H28N4O3/c1-16(7-4-14)8-10-19-11-9-17-5-2-12(3-6-17)20-13(15)18/h12H,2-11,14H2,1H3,(H2,15,18). The minimum absolute atomic E-state index is 0.0189. The first-order valence-corrected chi connectivity index (χ1v) is 7.26. The third-order valence-corrected chi connectivity index (χ3v) is 3.50. The molecule has 0 bridgehead atoms. The van der Waals surface area contributed by atoms with Gasteiger partial charge in [0.1, 0.15) is 6.10 Å². The molecule has 20 heavy (non-hydrogen) atoms. The Kier molecular flexibility index (Phi) is 8.52. The number of carbonyl (C=O) groups excluding carboxylic acids is 1. The Labute approximate surface area is 121 Å². The second kappa shape index (κ2) is 9.93. The van der Waals surface area contributed by atoms with Gasteiger partial charge in [0.2, 0.25) is 0 Å². The number of hydrogen-bond acceptors (Lipinski definition) is 6. The van der Waals surface area contributed by atoms with E-state index in [0.717, 1.165) is 58.8 Å². The number of nitrogens with zero attached hydrogens (tertiary/aromatic N) is 2. The SMILES string of the molecule is CN(CCN)CCOCCN1CCC(OC(N)=O)CC1.